The summed E-state index contributed by atoms with van der Waals surface area (Å²) >= 11 is 0. The lowest BCUT2D eigenvalue weighted by molar-refractivity contribution is -0.167. The summed E-state index contributed by atoms with van der Waals surface area (Å²) in [6.07, 6.45) is -9.41. The molecule has 0 saturated carbocycles. The Balaban J connectivity index is 1.55. The minimum Gasteiger partial charge on any atom is -0.381 e. The Morgan fingerprint density at radius 3 is 2.28 bits per heavy atom. The lowest BCUT2D eigenvalue weighted by atomic mass is 9.90. The first-order chi connectivity index (χ1) is 18.3. The number of alkyl halides is 6. The van der Waals surface area contributed by atoms with Crippen LogP contribution in [0.15, 0.2) is 42.5 Å². The van der Waals surface area contributed by atoms with Gasteiger partial charge in [-0.05, 0) is 37.1 Å². The molecule has 0 radical (unpaired) electrons. The van der Waals surface area contributed by atoms with Crippen molar-refractivity contribution in [3.63, 3.8) is 0 Å². The van der Waals surface area contributed by atoms with Gasteiger partial charge in [-0.15, -0.1) is 0 Å². The van der Waals surface area contributed by atoms with Crippen LogP contribution in [0, 0.1) is 11.7 Å². The Morgan fingerprint density at radius 1 is 1.00 bits per heavy atom. The fraction of sp³-hybridized carbons (Fsp3) is 0.400. The quantitative estimate of drug-likeness (QED) is 0.511. The zero-order valence-electron chi connectivity index (χ0n) is 20.0. The minimum atomic E-state index is -5.19. The van der Waals surface area contributed by atoms with Gasteiger partial charge in [0.25, 0.3) is 5.91 Å². The van der Waals surface area contributed by atoms with E-state index in [-0.39, 0.29) is 37.3 Å². The number of rotatable bonds is 6. The molecule has 0 spiro atoms. The van der Waals surface area contributed by atoms with Crippen molar-refractivity contribution < 1.29 is 49.9 Å². The summed E-state index contributed by atoms with van der Waals surface area (Å²) in [4.78, 5) is 39.1. The lowest BCUT2D eigenvalue weighted by Crippen LogP contribution is -2.50. The molecule has 210 valence electrons. The van der Waals surface area contributed by atoms with Crippen LogP contribution in [0.1, 0.15) is 40.4 Å². The molecule has 3 amide bonds. The summed E-state index contributed by atoms with van der Waals surface area (Å²) in [5.74, 6) is -5.41. The van der Waals surface area contributed by atoms with Crippen molar-refractivity contribution >= 4 is 23.4 Å². The molecule has 2 atom stereocenters. The van der Waals surface area contributed by atoms with Crippen LogP contribution in [0.4, 0.5) is 36.4 Å². The molecular formula is C25H22F7N3O4. The Labute approximate surface area is 217 Å². The number of carbonyl (C=O) groups is 3. The number of carbonyl (C=O) groups excluding carboxylic acids is 3. The summed E-state index contributed by atoms with van der Waals surface area (Å²) in [5.41, 5.74) is -2.04. The number of hydrogen-bond donors (Lipinski definition) is 2. The molecule has 2 N–H and O–H groups in total. The van der Waals surface area contributed by atoms with E-state index in [0.29, 0.717) is 18.6 Å². The predicted octanol–water partition coefficient (Wildman–Crippen LogP) is 4.45. The number of likely N-dealkylation sites (tertiary alicyclic amines) is 1. The van der Waals surface area contributed by atoms with Gasteiger partial charge in [0.2, 0.25) is 5.91 Å². The third-order valence-electron chi connectivity index (χ3n) is 6.58. The van der Waals surface area contributed by atoms with Gasteiger partial charge in [-0.1, -0.05) is 18.2 Å². The Morgan fingerprint density at radius 2 is 1.69 bits per heavy atom. The highest BCUT2D eigenvalue weighted by Gasteiger charge is 2.42. The number of nitrogens with one attached hydrogen (secondary N) is 2. The normalized spacial score (nSPS) is 18.8. The second-order valence-electron chi connectivity index (χ2n) is 9.17. The van der Waals surface area contributed by atoms with Crippen LogP contribution >= 0.6 is 0 Å². The summed E-state index contributed by atoms with van der Waals surface area (Å²) in [5, 5.41) is 4.28. The number of halogens is 7. The van der Waals surface area contributed by atoms with Crippen molar-refractivity contribution in [2.45, 2.75) is 37.3 Å². The van der Waals surface area contributed by atoms with Crippen molar-refractivity contribution in [1.82, 2.24) is 10.2 Å². The molecule has 0 unspecified atom stereocenters. The Hall–Kier alpha value is -3.68. The predicted molar refractivity (Wildman–Crippen MR) is 122 cm³/mol. The van der Waals surface area contributed by atoms with Crippen LogP contribution in [0.5, 0.6) is 0 Å². The second kappa shape index (κ2) is 10.8. The highest BCUT2D eigenvalue weighted by Crippen LogP contribution is 2.35. The maximum Gasteiger partial charge on any atom is 0.471 e. The van der Waals surface area contributed by atoms with Crippen molar-refractivity contribution in [3.05, 3.63) is 65.0 Å². The van der Waals surface area contributed by atoms with Crippen LogP contribution in [-0.2, 0) is 20.5 Å². The molecule has 2 aromatic rings. The van der Waals surface area contributed by atoms with Crippen LogP contribution in [0.25, 0.3) is 0 Å². The molecule has 2 heterocycles. The van der Waals surface area contributed by atoms with E-state index in [1.54, 1.807) is 5.32 Å². The Bertz CT molecular complexity index is 1260. The lowest BCUT2D eigenvalue weighted by Gasteiger charge is -2.36. The second-order valence-corrected chi connectivity index (χ2v) is 9.17. The van der Waals surface area contributed by atoms with Gasteiger partial charge in [-0.3, -0.25) is 14.4 Å². The molecule has 39 heavy (non-hydrogen) atoms. The fourth-order valence-corrected chi connectivity index (χ4v) is 4.51. The number of nitrogens with zero attached hydrogens (tertiary/aromatic N) is 1. The molecular weight excluding hydrogens is 539 g/mol. The van der Waals surface area contributed by atoms with Crippen LogP contribution in [0.3, 0.4) is 0 Å². The van der Waals surface area contributed by atoms with Gasteiger partial charge in [0.1, 0.15) is 11.9 Å². The van der Waals surface area contributed by atoms with E-state index >= 15 is 0 Å². The van der Waals surface area contributed by atoms with Gasteiger partial charge in [0.05, 0.1) is 36.1 Å². The molecule has 2 fully saturated rings. The zero-order chi connectivity index (χ0) is 28.5. The van der Waals surface area contributed by atoms with E-state index < -0.39 is 65.1 Å². The topological polar surface area (TPSA) is 87.7 Å². The molecule has 2 aliphatic heterocycles. The first kappa shape index (κ1) is 28.3. The maximum atomic E-state index is 14.8. The summed E-state index contributed by atoms with van der Waals surface area (Å²) in [6, 6.07) is 4.85. The third kappa shape index (κ3) is 6.15. The first-order valence-corrected chi connectivity index (χ1v) is 11.8. The molecule has 14 heteroatoms. The van der Waals surface area contributed by atoms with E-state index in [9.17, 15) is 45.1 Å². The molecule has 4 rings (SSSR count). The van der Waals surface area contributed by atoms with E-state index in [1.165, 1.54) is 18.2 Å². The molecule has 2 aromatic carbocycles. The molecule has 7 nitrogen and oxygen atoms in total. The number of amides is 3. The first-order valence-electron chi connectivity index (χ1n) is 11.8. The van der Waals surface area contributed by atoms with Gasteiger partial charge in [0, 0.05) is 18.0 Å². The monoisotopic (exact) mass is 561 g/mol. The van der Waals surface area contributed by atoms with Gasteiger partial charge in [-0.25, -0.2) is 4.39 Å². The van der Waals surface area contributed by atoms with Crippen molar-refractivity contribution in [1.29, 1.82) is 0 Å². The summed E-state index contributed by atoms with van der Waals surface area (Å²) in [7, 11) is 0. The third-order valence-corrected chi connectivity index (χ3v) is 6.58. The van der Waals surface area contributed by atoms with Crippen molar-refractivity contribution in [3.8, 4) is 0 Å². The zero-order valence-corrected chi connectivity index (χ0v) is 20.0. The van der Waals surface area contributed by atoms with Gasteiger partial charge in [-0.2, -0.15) is 26.3 Å². The SMILES string of the molecule is O=C(N[C@@H](c1ccc(C(F)(F)F)cc1F)C1COC1)[C@H]1CCCN1C(=O)c1ccccc1NC(=O)C(F)(F)F. The average molecular weight is 561 g/mol. The minimum absolute atomic E-state index is 0.0737. The smallest absolute Gasteiger partial charge is 0.381 e. The molecule has 0 bridgehead atoms. The van der Waals surface area contributed by atoms with E-state index in [4.69, 9.17) is 4.74 Å². The fourth-order valence-electron chi connectivity index (χ4n) is 4.51. The Kier molecular flexibility index (Phi) is 7.87. The number of hydrogen-bond acceptors (Lipinski definition) is 4. The van der Waals surface area contributed by atoms with Crippen LogP contribution in [0.2, 0.25) is 0 Å². The van der Waals surface area contributed by atoms with E-state index in [0.717, 1.165) is 17.0 Å². The van der Waals surface area contributed by atoms with Crippen LogP contribution in [-0.4, -0.2) is 54.6 Å². The van der Waals surface area contributed by atoms with Crippen molar-refractivity contribution in [2.24, 2.45) is 5.92 Å². The molecule has 0 aromatic heterocycles. The molecule has 2 saturated heterocycles. The van der Waals surface area contributed by atoms with Crippen LogP contribution < -0.4 is 10.6 Å². The van der Waals surface area contributed by atoms with Gasteiger partial charge < -0.3 is 20.3 Å². The van der Waals surface area contributed by atoms with Crippen molar-refractivity contribution in [2.75, 3.05) is 25.1 Å². The molecule has 0 aliphatic carbocycles. The van der Waals surface area contributed by atoms with E-state index in [1.807, 2.05) is 0 Å². The maximum absolute atomic E-state index is 14.8. The number of para-hydroxylation sites is 1. The van der Waals surface area contributed by atoms with Gasteiger partial charge >= 0.3 is 18.3 Å². The average Bonchev–Trinajstić information content (AvgIpc) is 3.31. The van der Waals surface area contributed by atoms with Gasteiger partial charge in [0.15, 0.2) is 0 Å². The highest BCUT2D eigenvalue weighted by atomic mass is 19.4. The standard InChI is InChI=1S/C25H22F7N3O4/c26-17-10-14(24(27,28)29)7-8-15(17)20(13-11-39-12-13)34-21(36)19-6-3-9-35(19)22(37)16-4-1-2-5-18(16)33-23(38)25(30,31)32/h1-2,4-5,7-8,10,13,19-20H,3,6,9,11-12H2,(H,33,38)(H,34,36)/t19-,20-/m1/s1. The largest absolute Gasteiger partial charge is 0.471 e. The summed E-state index contributed by atoms with van der Waals surface area (Å²) < 4.78 is 97.1. The summed E-state index contributed by atoms with van der Waals surface area (Å²) in [6.45, 7) is 0.306. The number of anilines is 1. The number of ether oxygens (including phenoxy) is 1. The molecule has 2 aliphatic rings. The van der Waals surface area contributed by atoms with E-state index in [2.05, 4.69) is 5.32 Å². The highest BCUT2D eigenvalue weighted by molar-refractivity contribution is 6.06. The number of benzene rings is 2.